The lowest BCUT2D eigenvalue weighted by molar-refractivity contribution is -0.308. The number of carbonyl (C=O) groups is 1. The third-order valence-electron chi connectivity index (χ3n) is 3.80. The molecule has 1 amide bonds. The van der Waals surface area contributed by atoms with E-state index in [2.05, 4.69) is 4.74 Å². The minimum absolute atomic E-state index is 0.165. The SMILES string of the molecule is O=C(OC(C(F)(F)F)C(F)(F)F)N1CC2CCCC2C1. The summed E-state index contributed by atoms with van der Waals surface area (Å²) < 4.78 is 77.3. The van der Waals surface area contributed by atoms with Crippen LogP contribution in [0.4, 0.5) is 31.1 Å². The first-order chi connectivity index (χ1) is 9.09. The van der Waals surface area contributed by atoms with Crippen molar-refractivity contribution in [3.63, 3.8) is 0 Å². The first-order valence-electron chi connectivity index (χ1n) is 6.18. The Kier molecular flexibility index (Phi) is 3.81. The molecular weight excluding hydrogens is 292 g/mol. The van der Waals surface area contributed by atoms with Gasteiger partial charge in [0, 0.05) is 13.1 Å². The van der Waals surface area contributed by atoms with Gasteiger partial charge in [0.25, 0.3) is 6.10 Å². The van der Waals surface area contributed by atoms with Crippen LogP contribution in [0, 0.1) is 11.8 Å². The van der Waals surface area contributed by atoms with Crippen molar-refractivity contribution in [2.45, 2.75) is 37.7 Å². The topological polar surface area (TPSA) is 29.5 Å². The second-order valence-corrected chi connectivity index (χ2v) is 5.20. The van der Waals surface area contributed by atoms with Crippen LogP contribution in [0.15, 0.2) is 0 Å². The van der Waals surface area contributed by atoms with E-state index in [0.717, 1.165) is 24.2 Å². The molecule has 20 heavy (non-hydrogen) atoms. The van der Waals surface area contributed by atoms with Gasteiger partial charge in [0.15, 0.2) is 0 Å². The maximum absolute atomic E-state index is 12.3. The van der Waals surface area contributed by atoms with Gasteiger partial charge in [-0.3, -0.25) is 0 Å². The van der Waals surface area contributed by atoms with Crippen LogP contribution in [-0.4, -0.2) is 42.5 Å². The Morgan fingerprint density at radius 3 is 1.85 bits per heavy atom. The molecule has 2 fully saturated rings. The summed E-state index contributed by atoms with van der Waals surface area (Å²) in [5.74, 6) is 0.329. The van der Waals surface area contributed by atoms with Crippen LogP contribution in [0.5, 0.6) is 0 Å². The summed E-state index contributed by atoms with van der Waals surface area (Å²) in [6.07, 6.45) is -14.3. The zero-order chi connectivity index (χ0) is 15.1. The number of hydrogen-bond donors (Lipinski definition) is 0. The molecule has 1 saturated carbocycles. The average molecular weight is 305 g/mol. The number of ether oxygens (including phenoxy) is 1. The Morgan fingerprint density at radius 2 is 1.45 bits per heavy atom. The number of amides is 1. The molecule has 9 heteroatoms. The molecule has 0 bridgehead atoms. The highest BCUT2D eigenvalue weighted by atomic mass is 19.4. The van der Waals surface area contributed by atoms with Gasteiger partial charge >= 0.3 is 18.4 Å². The molecule has 2 atom stereocenters. The molecule has 3 nitrogen and oxygen atoms in total. The van der Waals surface area contributed by atoms with Gasteiger partial charge in [-0.1, -0.05) is 6.42 Å². The molecule has 116 valence electrons. The van der Waals surface area contributed by atoms with Gasteiger partial charge in [0.1, 0.15) is 0 Å². The largest absolute Gasteiger partial charge is 0.434 e. The lowest BCUT2D eigenvalue weighted by Crippen LogP contribution is -2.48. The molecule has 0 aromatic heterocycles. The molecule has 1 aliphatic heterocycles. The minimum Gasteiger partial charge on any atom is -0.426 e. The highest BCUT2D eigenvalue weighted by molar-refractivity contribution is 5.68. The average Bonchev–Trinajstić information content (AvgIpc) is 2.81. The predicted molar refractivity (Wildman–Crippen MR) is 54.8 cm³/mol. The van der Waals surface area contributed by atoms with Crippen molar-refractivity contribution < 1.29 is 35.9 Å². The number of fused-ring (bicyclic) bond motifs is 1. The molecule has 2 unspecified atom stereocenters. The molecule has 2 aliphatic rings. The summed E-state index contributed by atoms with van der Waals surface area (Å²) in [4.78, 5) is 12.4. The maximum atomic E-state index is 12.3. The number of halogens is 6. The molecule has 2 rings (SSSR count). The highest BCUT2D eigenvalue weighted by Crippen LogP contribution is 2.39. The van der Waals surface area contributed by atoms with Crippen LogP contribution in [0.3, 0.4) is 0 Å². The fraction of sp³-hybridized carbons (Fsp3) is 0.909. The molecule has 0 spiro atoms. The summed E-state index contributed by atoms with van der Waals surface area (Å²) in [5.41, 5.74) is 0. The van der Waals surface area contributed by atoms with E-state index in [9.17, 15) is 31.1 Å². The molecule has 0 N–H and O–H groups in total. The fourth-order valence-corrected chi connectivity index (χ4v) is 2.88. The Hall–Kier alpha value is -1.15. The van der Waals surface area contributed by atoms with E-state index in [0.29, 0.717) is 0 Å². The van der Waals surface area contributed by atoms with Crippen molar-refractivity contribution in [3.8, 4) is 0 Å². The smallest absolute Gasteiger partial charge is 0.426 e. The highest BCUT2D eigenvalue weighted by Gasteiger charge is 2.60. The van der Waals surface area contributed by atoms with Crippen LogP contribution in [-0.2, 0) is 4.74 Å². The Balaban J connectivity index is 1.99. The van der Waals surface area contributed by atoms with Crippen LogP contribution in [0.2, 0.25) is 0 Å². The summed E-state index contributed by atoms with van der Waals surface area (Å²) in [6.45, 7) is 0.345. The maximum Gasteiger partial charge on any atom is 0.434 e. The Labute approximate surface area is 110 Å². The molecule has 0 aromatic carbocycles. The van der Waals surface area contributed by atoms with Gasteiger partial charge in [-0.15, -0.1) is 0 Å². The molecule has 1 aliphatic carbocycles. The van der Waals surface area contributed by atoms with E-state index in [1.165, 1.54) is 0 Å². The van der Waals surface area contributed by atoms with E-state index in [-0.39, 0.29) is 24.9 Å². The van der Waals surface area contributed by atoms with Crippen LogP contribution < -0.4 is 0 Å². The summed E-state index contributed by atoms with van der Waals surface area (Å²) >= 11 is 0. The van der Waals surface area contributed by atoms with E-state index in [1.54, 1.807) is 0 Å². The Bertz CT molecular complexity index is 354. The van der Waals surface area contributed by atoms with Crippen LogP contribution in [0.25, 0.3) is 0 Å². The van der Waals surface area contributed by atoms with Gasteiger partial charge in [-0.25, -0.2) is 4.79 Å². The van der Waals surface area contributed by atoms with Crippen molar-refractivity contribution in [2.24, 2.45) is 11.8 Å². The first kappa shape index (κ1) is 15.2. The standard InChI is InChI=1S/C11H13F6NO2/c12-10(13,14)8(11(15,16)17)20-9(19)18-4-6-2-1-3-7(6)5-18/h6-8H,1-5H2. The molecule has 0 radical (unpaired) electrons. The number of likely N-dealkylation sites (tertiary alicyclic amines) is 1. The van der Waals surface area contributed by atoms with E-state index < -0.39 is 24.5 Å². The number of carbonyl (C=O) groups excluding carboxylic acids is 1. The lowest BCUT2D eigenvalue weighted by Gasteiger charge is -2.25. The lowest BCUT2D eigenvalue weighted by atomic mass is 10.0. The molecule has 1 saturated heterocycles. The summed E-state index contributed by atoms with van der Waals surface area (Å²) in [6, 6.07) is 0. The number of alkyl halides is 6. The third-order valence-corrected chi connectivity index (χ3v) is 3.80. The molecular formula is C11H13F6NO2. The Morgan fingerprint density at radius 1 is 1.00 bits per heavy atom. The zero-order valence-corrected chi connectivity index (χ0v) is 10.3. The van der Waals surface area contributed by atoms with Gasteiger partial charge in [0.05, 0.1) is 0 Å². The minimum atomic E-state index is -5.66. The quantitative estimate of drug-likeness (QED) is 0.695. The second-order valence-electron chi connectivity index (χ2n) is 5.20. The predicted octanol–water partition coefficient (Wildman–Crippen LogP) is 3.35. The van der Waals surface area contributed by atoms with Crippen molar-refractivity contribution in [1.82, 2.24) is 4.90 Å². The summed E-state index contributed by atoms with van der Waals surface area (Å²) in [5, 5.41) is 0. The van der Waals surface area contributed by atoms with Crippen molar-refractivity contribution in [2.75, 3.05) is 13.1 Å². The summed E-state index contributed by atoms with van der Waals surface area (Å²) in [7, 11) is 0. The van der Waals surface area contributed by atoms with Gasteiger partial charge in [-0.2, -0.15) is 26.3 Å². The fourth-order valence-electron chi connectivity index (χ4n) is 2.88. The normalized spacial score (nSPS) is 27.1. The van der Waals surface area contributed by atoms with Gasteiger partial charge < -0.3 is 9.64 Å². The number of hydrogen-bond acceptors (Lipinski definition) is 2. The van der Waals surface area contributed by atoms with Crippen molar-refractivity contribution in [1.29, 1.82) is 0 Å². The monoisotopic (exact) mass is 305 g/mol. The van der Waals surface area contributed by atoms with Gasteiger partial charge in [0.2, 0.25) is 0 Å². The van der Waals surface area contributed by atoms with Gasteiger partial charge in [-0.05, 0) is 24.7 Å². The van der Waals surface area contributed by atoms with Crippen LogP contribution in [0.1, 0.15) is 19.3 Å². The van der Waals surface area contributed by atoms with Crippen LogP contribution >= 0.6 is 0 Å². The zero-order valence-electron chi connectivity index (χ0n) is 10.3. The van der Waals surface area contributed by atoms with E-state index in [1.807, 2.05) is 0 Å². The third kappa shape index (κ3) is 3.12. The molecule has 0 aromatic rings. The van der Waals surface area contributed by atoms with Crippen molar-refractivity contribution >= 4 is 6.09 Å². The number of rotatable bonds is 1. The van der Waals surface area contributed by atoms with E-state index >= 15 is 0 Å². The number of nitrogens with zero attached hydrogens (tertiary/aromatic N) is 1. The van der Waals surface area contributed by atoms with E-state index in [4.69, 9.17) is 0 Å². The second kappa shape index (κ2) is 5.00. The first-order valence-corrected chi connectivity index (χ1v) is 6.18. The van der Waals surface area contributed by atoms with Crippen molar-refractivity contribution in [3.05, 3.63) is 0 Å². The molecule has 1 heterocycles.